The highest BCUT2D eigenvalue weighted by atomic mass is 15.2. The minimum atomic E-state index is 0.0217. The van der Waals surface area contributed by atoms with Crippen molar-refractivity contribution in [2.45, 2.75) is 26.7 Å². The van der Waals surface area contributed by atoms with E-state index in [1.807, 2.05) is 12.1 Å². The van der Waals surface area contributed by atoms with E-state index in [1.54, 1.807) is 6.07 Å². The first-order valence-electron chi connectivity index (χ1n) is 5.75. The summed E-state index contributed by atoms with van der Waals surface area (Å²) in [6.07, 6.45) is 2.32. The first-order valence-corrected chi connectivity index (χ1v) is 5.75. The van der Waals surface area contributed by atoms with Crippen LogP contribution in [0, 0.1) is 5.41 Å². The molecule has 4 nitrogen and oxygen atoms in total. The Hall–Kier alpha value is -1.58. The maximum atomic E-state index is 7.36. The zero-order valence-electron chi connectivity index (χ0n) is 10.0. The largest absolute Gasteiger partial charge is 0.382 e. The highest BCUT2D eigenvalue weighted by Crippen LogP contribution is 2.12. The highest BCUT2D eigenvalue weighted by Gasteiger charge is 2.06. The summed E-state index contributed by atoms with van der Waals surface area (Å²) in [6, 6.07) is 5.62. The summed E-state index contributed by atoms with van der Waals surface area (Å²) in [7, 11) is 0. The van der Waals surface area contributed by atoms with Gasteiger partial charge in [0.25, 0.3) is 0 Å². The van der Waals surface area contributed by atoms with Crippen LogP contribution in [0.4, 0.5) is 5.82 Å². The number of aromatic nitrogens is 1. The second kappa shape index (κ2) is 6.10. The van der Waals surface area contributed by atoms with Crippen molar-refractivity contribution in [1.29, 1.82) is 5.41 Å². The third-order valence-electron chi connectivity index (χ3n) is 2.50. The van der Waals surface area contributed by atoms with Gasteiger partial charge in [0.15, 0.2) is 0 Å². The molecule has 1 heterocycles. The van der Waals surface area contributed by atoms with E-state index in [0.29, 0.717) is 5.69 Å². The summed E-state index contributed by atoms with van der Waals surface area (Å²) < 4.78 is 0. The molecule has 4 heteroatoms. The van der Waals surface area contributed by atoms with Gasteiger partial charge in [0, 0.05) is 13.1 Å². The van der Waals surface area contributed by atoms with Gasteiger partial charge in [-0.15, -0.1) is 0 Å². The SMILES string of the molecule is CCCCN(CC)c1cccc(C(=N)N)n1. The van der Waals surface area contributed by atoms with Crippen molar-refractivity contribution < 1.29 is 0 Å². The Kier molecular flexibility index (Phi) is 4.76. The van der Waals surface area contributed by atoms with Crippen LogP contribution in [-0.4, -0.2) is 23.9 Å². The molecule has 0 saturated heterocycles. The normalized spacial score (nSPS) is 10.1. The number of nitrogens with two attached hydrogens (primary N) is 1. The van der Waals surface area contributed by atoms with Crippen molar-refractivity contribution in [3.05, 3.63) is 23.9 Å². The standard InChI is InChI=1S/C12H20N4/c1-3-5-9-16(4-2)11-8-6-7-10(15-11)12(13)14/h6-8H,3-5,9H2,1-2H3,(H3,13,14). The number of nitrogen functional groups attached to an aromatic ring is 1. The zero-order chi connectivity index (χ0) is 12.0. The number of nitrogens with one attached hydrogen (secondary N) is 1. The monoisotopic (exact) mass is 220 g/mol. The van der Waals surface area contributed by atoms with Gasteiger partial charge in [-0.25, -0.2) is 4.98 Å². The Morgan fingerprint density at radius 1 is 1.44 bits per heavy atom. The molecule has 0 fully saturated rings. The molecule has 0 aliphatic rings. The average Bonchev–Trinajstić information content (AvgIpc) is 2.30. The summed E-state index contributed by atoms with van der Waals surface area (Å²) in [5.74, 6) is 0.928. The van der Waals surface area contributed by atoms with Gasteiger partial charge >= 0.3 is 0 Å². The third kappa shape index (κ3) is 3.22. The lowest BCUT2D eigenvalue weighted by atomic mass is 10.3. The predicted octanol–water partition coefficient (Wildman–Crippen LogP) is 1.99. The van der Waals surface area contributed by atoms with E-state index in [9.17, 15) is 0 Å². The second-order valence-electron chi connectivity index (χ2n) is 3.73. The van der Waals surface area contributed by atoms with Crippen LogP contribution in [0.25, 0.3) is 0 Å². The lowest BCUT2D eigenvalue weighted by Crippen LogP contribution is -2.26. The van der Waals surface area contributed by atoms with Crippen LogP contribution in [0.15, 0.2) is 18.2 Å². The summed E-state index contributed by atoms with van der Waals surface area (Å²) >= 11 is 0. The van der Waals surface area contributed by atoms with Gasteiger partial charge in [-0.3, -0.25) is 5.41 Å². The molecule has 1 aromatic heterocycles. The van der Waals surface area contributed by atoms with Gasteiger partial charge in [-0.2, -0.15) is 0 Å². The van der Waals surface area contributed by atoms with E-state index in [-0.39, 0.29) is 5.84 Å². The van der Waals surface area contributed by atoms with Gasteiger partial charge in [-0.1, -0.05) is 19.4 Å². The number of nitrogens with zero attached hydrogens (tertiary/aromatic N) is 2. The molecule has 3 N–H and O–H groups in total. The Labute approximate surface area is 97.0 Å². The summed E-state index contributed by atoms with van der Waals surface area (Å²) in [5.41, 5.74) is 5.98. The first-order chi connectivity index (χ1) is 7.69. The number of hydrogen-bond acceptors (Lipinski definition) is 3. The summed E-state index contributed by atoms with van der Waals surface area (Å²) in [5, 5.41) is 7.36. The Balaban J connectivity index is 2.83. The van der Waals surface area contributed by atoms with Crippen LogP contribution in [-0.2, 0) is 0 Å². The Bertz CT molecular complexity index is 349. The fourth-order valence-corrected chi connectivity index (χ4v) is 1.53. The van der Waals surface area contributed by atoms with Crippen LogP contribution in [0.3, 0.4) is 0 Å². The van der Waals surface area contributed by atoms with Crippen LogP contribution < -0.4 is 10.6 Å². The van der Waals surface area contributed by atoms with Crippen molar-refractivity contribution in [3.8, 4) is 0 Å². The van der Waals surface area contributed by atoms with E-state index >= 15 is 0 Å². The lowest BCUT2D eigenvalue weighted by molar-refractivity contribution is 0.724. The van der Waals surface area contributed by atoms with Crippen LogP contribution >= 0.6 is 0 Å². The second-order valence-corrected chi connectivity index (χ2v) is 3.73. The van der Waals surface area contributed by atoms with Gasteiger partial charge in [-0.05, 0) is 25.5 Å². The van der Waals surface area contributed by atoms with Crippen molar-refractivity contribution >= 4 is 11.7 Å². The molecule has 0 radical (unpaired) electrons. The summed E-state index contributed by atoms with van der Waals surface area (Å²) in [6.45, 7) is 6.21. The number of anilines is 1. The maximum Gasteiger partial charge on any atom is 0.141 e. The molecule has 0 aliphatic heterocycles. The molecule has 0 spiro atoms. The molecule has 0 aliphatic carbocycles. The quantitative estimate of drug-likeness (QED) is 0.569. The molecule has 1 aromatic rings. The first kappa shape index (κ1) is 12.5. The maximum absolute atomic E-state index is 7.36. The Morgan fingerprint density at radius 2 is 2.19 bits per heavy atom. The van der Waals surface area contributed by atoms with Gasteiger partial charge < -0.3 is 10.6 Å². The van der Waals surface area contributed by atoms with E-state index in [2.05, 4.69) is 23.7 Å². The average molecular weight is 220 g/mol. The van der Waals surface area contributed by atoms with Gasteiger partial charge in [0.2, 0.25) is 0 Å². The van der Waals surface area contributed by atoms with Crippen LogP contribution in [0.5, 0.6) is 0 Å². The van der Waals surface area contributed by atoms with Gasteiger partial charge in [0.05, 0.1) is 0 Å². The van der Waals surface area contributed by atoms with Gasteiger partial charge in [0.1, 0.15) is 17.3 Å². The molecule has 88 valence electrons. The van der Waals surface area contributed by atoms with E-state index in [4.69, 9.17) is 11.1 Å². The highest BCUT2D eigenvalue weighted by molar-refractivity contribution is 5.93. The molecule has 16 heavy (non-hydrogen) atoms. The Morgan fingerprint density at radius 3 is 2.75 bits per heavy atom. The fourth-order valence-electron chi connectivity index (χ4n) is 1.53. The fraction of sp³-hybridized carbons (Fsp3) is 0.500. The number of unbranched alkanes of at least 4 members (excludes halogenated alkanes) is 1. The topological polar surface area (TPSA) is 66.0 Å². The summed E-state index contributed by atoms with van der Waals surface area (Å²) in [4.78, 5) is 6.58. The van der Waals surface area contributed by atoms with Crippen molar-refractivity contribution in [1.82, 2.24) is 4.98 Å². The third-order valence-corrected chi connectivity index (χ3v) is 2.50. The number of rotatable bonds is 6. The minimum absolute atomic E-state index is 0.0217. The van der Waals surface area contributed by atoms with E-state index in [1.165, 1.54) is 6.42 Å². The number of pyridine rings is 1. The molecular formula is C12H20N4. The number of hydrogen-bond donors (Lipinski definition) is 2. The van der Waals surface area contributed by atoms with E-state index < -0.39 is 0 Å². The molecule has 0 amide bonds. The van der Waals surface area contributed by atoms with Crippen LogP contribution in [0.1, 0.15) is 32.4 Å². The molecule has 0 bridgehead atoms. The molecule has 0 atom stereocenters. The molecule has 0 saturated carbocycles. The lowest BCUT2D eigenvalue weighted by Gasteiger charge is -2.21. The van der Waals surface area contributed by atoms with Crippen LogP contribution in [0.2, 0.25) is 0 Å². The number of amidine groups is 1. The molecular weight excluding hydrogens is 200 g/mol. The predicted molar refractivity (Wildman–Crippen MR) is 68.0 cm³/mol. The van der Waals surface area contributed by atoms with Crippen molar-refractivity contribution in [2.24, 2.45) is 5.73 Å². The van der Waals surface area contributed by atoms with Crippen molar-refractivity contribution in [2.75, 3.05) is 18.0 Å². The smallest absolute Gasteiger partial charge is 0.141 e. The minimum Gasteiger partial charge on any atom is -0.382 e. The molecule has 1 rings (SSSR count). The molecule has 0 aromatic carbocycles. The van der Waals surface area contributed by atoms with Crippen molar-refractivity contribution in [3.63, 3.8) is 0 Å². The molecule has 0 unspecified atom stereocenters. The van der Waals surface area contributed by atoms with E-state index in [0.717, 1.165) is 25.3 Å². The zero-order valence-corrected chi connectivity index (χ0v) is 10.0.